The minimum atomic E-state index is -0.547. The van der Waals surface area contributed by atoms with E-state index in [-0.39, 0.29) is 46.8 Å². The first kappa shape index (κ1) is 54.2. The fraction of sp³-hybridized carbons (Fsp3) is 0.444. The van der Waals surface area contributed by atoms with Crippen LogP contribution < -0.4 is 29.6 Å². The number of hydrogen-bond donors (Lipinski definition) is 2. The molecule has 2 aromatic heterocycles. The number of hydrogen-bond acceptors (Lipinski definition) is 16. The highest BCUT2D eigenvalue weighted by atomic mass is 35.5. The van der Waals surface area contributed by atoms with Crippen LogP contribution in [-0.4, -0.2) is 150 Å². The summed E-state index contributed by atoms with van der Waals surface area (Å²) >= 11 is 11.9. The SMILES string of the molecule is CC1(C)CN(CCOc2cc3c(Nc4ccc(F)c(Cl)c4)ncnc3cc2OC[C@@H]2CCCO2)CC(=O)O1.COc1cc2ncnc(Nc3ccc(F)c(Cl)c3)c2cc1OC1CCC(N(C)C(=O)N2CCOCC2)CC1. The third kappa shape index (κ3) is 13.7. The van der Waals surface area contributed by atoms with Crippen LogP contribution in [0.1, 0.15) is 52.4 Å². The van der Waals surface area contributed by atoms with Gasteiger partial charge in [0.2, 0.25) is 0 Å². The number of urea groups is 1. The molecular weight excluding hydrogens is 1030 g/mol. The van der Waals surface area contributed by atoms with Crippen molar-refractivity contribution in [1.29, 1.82) is 0 Å². The van der Waals surface area contributed by atoms with Crippen molar-refractivity contribution in [2.75, 3.05) is 90.5 Å². The zero-order valence-electron chi connectivity index (χ0n) is 42.8. The molecule has 0 bridgehead atoms. The summed E-state index contributed by atoms with van der Waals surface area (Å²) in [6, 6.07) is 16.3. The van der Waals surface area contributed by atoms with Crippen molar-refractivity contribution in [2.45, 2.75) is 76.2 Å². The van der Waals surface area contributed by atoms with E-state index in [9.17, 15) is 18.4 Å². The van der Waals surface area contributed by atoms with Crippen LogP contribution in [0.2, 0.25) is 10.0 Å². The van der Waals surface area contributed by atoms with Gasteiger partial charge in [0.15, 0.2) is 23.0 Å². The number of carbonyl (C=O) groups is 2. The number of nitrogens with one attached hydrogen (secondary N) is 2. The third-order valence-corrected chi connectivity index (χ3v) is 14.1. The number of cyclic esters (lactones) is 1. The molecule has 10 rings (SSSR count). The molecule has 2 amide bonds. The van der Waals surface area contributed by atoms with Gasteiger partial charge in [-0.25, -0.2) is 33.5 Å². The maximum absolute atomic E-state index is 13.6. The molecular formula is C54H61Cl2F2N9O9. The van der Waals surface area contributed by atoms with Gasteiger partial charge in [-0.1, -0.05) is 23.2 Å². The first-order valence-electron chi connectivity index (χ1n) is 25.3. The van der Waals surface area contributed by atoms with Gasteiger partial charge < -0.3 is 53.6 Å². The normalized spacial score (nSPS) is 19.6. The molecule has 4 aromatic carbocycles. The zero-order valence-corrected chi connectivity index (χ0v) is 44.3. The summed E-state index contributed by atoms with van der Waals surface area (Å²) in [5, 5.41) is 7.82. The molecule has 22 heteroatoms. The van der Waals surface area contributed by atoms with Crippen molar-refractivity contribution in [3.05, 3.63) is 95.0 Å². The molecule has 5 heterocycles. The number of halogens is 4. The number of nitrogens with zero attached hydrogens (tertiary/aromatic N) is 7. The lowest BCUT2D eigenvalue weighted by molar-refractivity contribution is -0.169. The number of benzene rings is 4. The molecule has 1 aliphatic carbocycles. The van der Waals surface area contributed by atoms with Gasteiger partial charge in [-0.05, 0) is 101 Å². The lowest BCUT2D eigenvalue weighted by atomic mass is 9.92. The van der Waals surface area contributed by atoms with E-state index in [0.29, 0.717) is 115 Å². The fourth-order valence-corrected chi connectivity index (χ4v) is 10.0. The van der Waals surface area contributed by atoms with Crippen LogP contribution in [0, 0.1) is 11.6 Å². The standard InChI is InChI=1S/C27H31ClFN5O4.C27H30ClFN4O5/c1-33(27(35)34-9-11-37-12-10-34)18-4-6-19(7-5-18)38-25-14-20-23(15-24(25)36-2)30-16-31-26(20)32-17-3-8-22(29)21(28)13-17;1-27(2)15-33(13-25(34)38-27)7-9-36-23-11-19-22(12-24(23)37-14-18-4-3-8-35-18)30-16-31-26(19)32-17-5-6-21(29)20(28)10-17/h3,8,13-16,18-19H,4-7,9-12H2,1-2H3,(H,30,31,32);5-6,10-12,16,18H,3-4,7-9,13-15H2,1-2H3,(H,30,31,32)/t;18-/m.0/s1. The Morgan fingerprint density at radius 2 is 1.39 bits per heavy atom. The topological polar surface area (TPSA) is 184 Å². The highest BCUT2D eigenvalue weighted by Gasteiger charge is 2.33. The Kier molecular flexibility index (Phi) is 17.6. The maximum atomic E-state index is 13.6. The third-order valence-electron chi connectivity index (χ3n) is 13.5. The zero-order chi connectivity index (χ0) is 53.3. The smallest absolute Gasteiger partial charge is 0.320 e. The summed E-state index contributed by atoms with van der Waals surface area (Å²) in [7, 11) is 3.48. The molecule has 3 saturated heterocycles. The average Bonchev–Trinajstić information content (AvgIpc) is 3.95. The van der Waals surface area contributed by atoms with Crippen LogP contribution in [0.15, 0.2) is 73.3 Å². The number of anilines is 4. The molecule has 3 aliphatic heterocycles. The summed E-state index contributed by atoms with van der Waals surface area (Å²) in [4.78, 5) is 48.1. The van der Waals surface area contributed by atoms with Gasteiger partial charge in [0.1, 0.15) is 54.7 Å². The highest BCUT2D eigenvalue weighted by molar-refractivity contribution is 6.31. The number of ether oxygens (including phenoxy) is 7. The van der Waals surface area contributed by atoms with Crippen molar-refractivity contribution in [1.82, 2.24) is 34.6 Å². The first-order chi connectivity index (χ1) is 36.7. The summed E-state index contributed by atoms with van der Waals surface area (Å²) in [5.41, 5.74) is 1.95. The molecule has 4 aliphatic rings. The van der Waals surface area contributed by atoms with Gasteiger partial charge in [0.25, 0.3) is 0 Å². The fourth-order valence-electron chi connectivity index (χ4n) is 9.64. The molecule has 0 radical (unpaired) electrons. The number of aromatic nitrogens is 4. The molecule has 0 unspecified atom stereocenters. The second-order valence-electron chi connectivity index (χ2n) is 19.6. The molecule has 1 saturated carbocycles. The molecule has 2 N–H and O–H groups in total. The van der Waals surface area contributed by atoms with Crippen molar-refractivity contribution >= 4 is 80.0 Å². The number of fused-ring (bicyclic) bond motifs is 2. The quantitative estimate of drug-likeness (QED) is 0.0925. The van der Waals surface area contributed by atoms with Gasteiger partial charge in [-0.3, -0.25) is 9.69 Å². The van der Waals surface area contributed by atoms with Crippen LogP contribution in [0.5, 0.6) is 23.0 Å². The Balaban J connectivity index is 0.000000186. The number of esters is 1. The van der Waals surface area contributed by atoms with Crippen LogP contribution in [0.3, 0.4) is 0 Å². The first-order valence-corrected chi connectivity index (χ1v) is 26.1. The Hall–Kier alpha value is -6.58. The van der Waals surface area contributed by atoms with Crippen molar-refractivity contribution in [3.63, 3.8) is 0 Å². The van der Waals surface area contributed by atoms with E-state index in [1.165, 1.54) is 36.9 Å². The van der Waals surface area contributed by atoms with Crippen LogP contribution in [0.25, 0.3) is 21.8 Å². The van der Waals surface area contributed by atoms with Crippen LogP contribution in [0.4, 0.5) is 36.6 Å². The monoisotopic (exact) mass is 1090 g/mol. The van der Waals surface area contributed by atoms with E-state index in [4.69, 9.17) is 56.4 Å². The van der Waals surface area contributed by atoms with Gasteiger partial charge in [-0.15, -0.1) is 0 Å². The highest BCUT2D eigenvalue weighted by Crippen LogP contribution is 2.39. The lowest BCUT2D eigenvalue weighted by Crippen LogP contribution is -2.51. The Morgan fingerprint density at radius 3 is 1.97 bits per heavy atom. The summed E-state index contributed by atoms with van der Waals surface area (Å²) in [5.74, 6) is 2.04. The van der Waals surface area contributed by atoms with Gasteiger partial charge in [0.05, 0.1) is 60.2 Å². The summed E-state index contributed by atoms with van der Waals surface area (Å²) in [6.07, 6.45) is 8.22. The van der Waals surface area contributed by atoms with Crippen molar-refractivity contribution < 1.29 is 51.5 Å². The van der Waals surface area contributed by atoms with Gasteiger partial charge in [0, 0.05) is 80.2 Å². The summed E-state index contributed by atoms with van der Waals surface area (Å²) < 4.78 is 68.1. The molecule has 1 atom stereocenters. The number of methoxy groups -OCH3 is 1. The lowest BCUT2D eigenvalue weighted by Gasteiger charge is -2.38. The van der Waals surface area contributed by atoms with E-state index in [0.717, 1.165) is 50.5 Å². The van der Waals surface area contributed by atoms with Crippen molar-refractivity contribution in [2.24, 2.45) is 0 Å². The summed E-state index contributed by atoms with van der Waals surface area (Å²) in [6.45, 7) is 9.07. The van der Waals surface area contributed by atoms with E-state index < -0.39 is 17.2 Å². The predicted molar refractivity (Wildman–Crippen MR) is 284 cm³/mol. The average molecular weight is 1090 g/mol. The number of morpholine rings is 2. The molecule has 18 nitrogen and oxygen atoms in total. The Morgan fingerprint density at radius 1 is 0.789 bits per heavy atom. The molecule has 0 spiro atoms. The van der Waals surface area contributed by atoms with Gasteiger partial charge >= 0.3 is 12.0 Å². The molecule has 4 fully saturated rings. The van der Waals surface area contributed by atoms with Crippen LogP contribution in [-0.2, 0) is 19.0 Å². The van der Waals surface area contributed by atoms with Crippen LogP contribution >= 0.6 is 23.2 Å². The van der Waals surface area contributed by atoms with Crippen molar-refractivity contribution in [3.8, 4) is 23.0 Å². The molecule has 76 heavy (non-hydrogen) atoms. The number of amides is 2. The van der Waals surface area contributed by atoms with E-state index >= 15 is 0 Å². The number of rotatable bonds is 15. The Labute approximate surface area is 449 Å². The molecule has 6 aromatic rings. The predicted octanol–water partition coefficient (Wildman–Crippen LogP) is 9.99. The van der Waals surface area contributed by atoms with E-state index in [2.05, 4.69) is 30.6 Å². The second-order valence-corrected chi connectivity index (χ2v) is 20.4. The second kappa shape index (κ2) is 24.6. The van der Waals surface area contributed by atoms with E-state index in [1.807, 2.05) is 59.9 Å². The minimum absolute atomic E-state index is 0.00646. The number of carbonyl (C=O) groups excluding carboxylic acids is 2. The minimum Gasteiger partial charge on any atom is -0.493 e. The largest absolute Gasteiger partial charge is 0.493 e. The molecule has 404 valence electrons. The maximum Gasteiger partial charge on any atom is 0.320 e. The Bertz CT molecular complexity index is 3020. The van der Waals surface area contributed by atoms with E-state index in [1.54, 1.807) is 19.2 Å². The van der Waals surface area contributed by atoms with Gasteiger partial charge in [-0.2, -0.15) is 0 Å².